The Labute approximate surface area is 128 Å². The minimum absolute atomic E-state index is 0.0609. The highest BCUT2D eigenvalue weighted by Crippen LogP contribution is 2.13. The molecule has 22 heavy (non-hydrogen) atoms. The zero-order chi connectivity index (χ0) is 15.9. The summed E-state index contributed by atoms with van der Waals surface area (Å²) in [6, 6.07) is 11.4. The molecule has 1 aromatic carbocycles. The molecular weight excluding hydrogens is 280 g/mol. The van der Waals surface area contributed by atoms with E-state index in [1.165, 1.54) is 16.5 Å². The highest BCUT2D eigenvalue weighted by Gasteiger charge is 2.14. The van der Waals surface area contributed by atoms with Crippen LogP contribution in [0.15, 0.2) is 30.6 Å². The summed E-state index contributed by atoms with van der Waals surface area (Å²) in [5, 5.41) is 27.8. The first-order valence-electron chi connectivity index (χ1n) is 6.93. The number of rotatable bonds is 6. The van der Waals surface area contributed by atoms with Gasteiger partial charge in [-0.1, -0.05) is 19.1 Å². The van der Waals surface area contributed by atoms with Crippen molar-refractivity contribution in [3.63, 3.8) is 0 Å². The van der Waals surface area contributed by atoms with Gasteiger partial charge in [-0.15, -0.1) is 0 Å². The third-order valence-electron chi connectivity index (χ3n) is 3.23. The van der Waals surface area contributed by atoms with Crippen LogP contribution in [0.25, 0.3) is 0 Å². The number of aryl methyl sites for hydroxylation is 1. The largest absolute Gasteiger partial charge is 0.491 e. The van der Waals surface area contributed by atoms with Crippen molar-refractivity contribution in [2.45, 2.75) is 26.0 Å². The van der Waals surface area contributed by atoms with Crippen LogP contribution in [0.2, 0.25) is 0 Å². The summed E-state index contributed by atoms with van der Waals surface area (Å²) in [7, 11) is 0. The fraction of sp³-hybridized carbons (Fsp3) is 0.312. The molecule has 6 nitrogen and oxygen atoms in total. The van der Waals surface area contributed by atoms with Crippen LogP contribution >= 0.6 is 0 Å². The summed E-state index contributed by atoms with van der Waals surface area (Å²) in [6.45, 7) is 2.31. The van der Waals surface area contributed by atoms with E-state index >= 15 is 0 Å². The number of nitrogens with zero attached hydrogens (tertiary/aromatic N) is 4. The SMILES string of the molecule is CCc1ccc(OCC(O)Cn2cnc(C#N)c2C#N)cc1. The van der Waals surface area contributed by atoms with Gasteiger partial charge in [0.1, 0.15) is 30.6 Å². The molecule has 0 saturated heterocycles. The second-order valence-corrected chi connectivity index (χ2v) is 4.78. The van der Waals surface area contributed by atoms with Gasteiger partial charge in [-0.2, -0.15) is 10.5 Å². The van der Waals surface area contributed by atoms with Gasteiger partial charge in [-0.3, -0.25) is 0 Å². The number of aliphatic hydroxyl groups is 1. The molecule has 1 heterocycles. The highest BCUT2D eigenvalue weighted by atomic mass is 16.5. The smallest absolute Gasteiger partial charge is 0.176 e. The second-order valence-electron chi connectivity index (χ2n) is 4.78. The van der Waals surface area contributed by atoms with Crippen molar-refractivity contribution in [3.8, 4) is 17.9 Å². The standard InChI is InChI=1S/C16H16N4O2/c1-2-12-3-5-14(6-4-12)22-10-13(21)9-20-11-19-15(7-17)16(20)8-18/h3-6,11,13,21H,2,9-10H2,1H3. The first kappa shape index (κ1) is 15.6. The van der Waals surface area contributed by atoms with Crippen molar-refractivity contribution < 1.29 is 9.84 Å². The molecule has 1 unspecified atom stereocenters. The van der Waals surface area contributed by atoms with Gasteiger partial charge < -0.3 is 14.4 Å². The van der Waals surface area contributed by atoms with Gasteiger partial charge in [0.25, 0.3) is 0 Å². The van der Waals surface area contributed by atoms with Crippen LogP contribution in [-0.2, 0) is 13.0 Å². The van der Waals surface area contributed by atoms with Crippen molar-refractivity contribution in [1.29, 1.82) is 10.5 Å². The summed E-state index contributed by atoms with van der Waals surface area (Å²) < 4.78 is 6.97. The normalized spacial score (nSPS) is 11.5. The van der Waals surface area contributed by atoms with E-state index in [0.717, 1.165) is 6.42 Å². The fourth-order valence-electron chi connectivity index (χ4n) is 2.01. The Hall–Kier alpha value is -2.83. The number of aliphatic hydroxyl groups excluding tert-OH is 1. The van der Waals surface area contributed by atoms with Crippen molar-refractivity contribution in [3.05, 3.63) is 47.5 Å². The Morgan fingerprint density at radius 1 is 1.27 bits per heavy atom. The molecule has 0 radical (unpaired) electrons. The predicted molar refractivity (Wildman–Crippen MR) is 79.0 cm³/mol. The van der Waals surface area contributed by atoms with E-state index in [9.17, 15) is 5.11 Å². The maximum absolute atomic E-state index is 10.0. The van der Waals surface area contributed by atoms with Gasteiger partial charge in [0.15, 0.2) is 11.4 Å². The molecule has 1 N–H and O–H groups in total. The van der Waals surface area contributed by atoms with Crippen LogP contribution in [-0.4, -0.2) is 27.4 Å². The maximum atomic E-state index is 10.0. The van der Waals surface area contributed by atoms with Crippen LogP contribution < -0.4 is 4.74 Å². The Balaban J connectivity index is 1.93. The van der Waals surface area contributed by atoms with Crippen LogP contribution in [0.3, 0.4) is 0 Å². The van der Waals surface area contributed by atoms with Gasteiger partial charge >= 0.3 is 0 Å². The Morgan fingerprint density at radius 2 is 2.00 bits per heavy atom. The first-order chi connectivity index (χ1) is 10.7. The van der Waals surface area contributed by atoms with E-state index in [2.05, 4.69) is 11.9 Å². The Kier molecular flexibility index (Phi) is 5.13. The quantitative estimate of drug-likeness (QED) is 0.874. The molecule has 1 atom stereocenters. The van der Waals surface area contributed by atoms with E-state index in [4.69, 9.17) is 15.3 Å². The van der Waals surface area contributed by atoms with E-state index in [1.54, 1.807) is 0 Å². The van der Waals surface area contributed by atoms with E-state index in [1.807, 2.05) is 36.4 Å². The van der Waals surface area contributed by atoms with Gasteiger partial charge in [-0.25, -0.2) is 4.98 Å². The van der Waals surface area contributed by atoms with Crippen LogP contribution in [0.5, 0.6) is 5.75 Å². The zero-order valence-corrected chi connectivity index (χ0v) is 12.2. The number of ether oxygens (including phenoxy) is 1. The molecule has 1 aromatic heterocycles. The number of aromatic nitrogens is 2. The third-order valence-corrected chi connectivity index (χ3v) is 3.23. The zero-order valence-electron chi connectivity index (χ0n) is 12.2. The molecule has 0 fully saturated rings. The van der Waals surface area contributed by atoms with Crippen molar-refractivity contribution in [1.82, 2.24) is 9.55 Å². The summed E-state index contributed by atoms with van der Waals surface area (Å²) in [5.41, 5.74) is 1.42. The maximum Gasteiger partial charge on any atom is 0.176 e. The lowest BCUT2D eigenvalue weighted by molar-refractivity contribution is 0.0922. The lowest BCUT2D eigenvalue weighted by Crippen LogP contribution is -2.24. The monoisotopic (exact) mass is 296 g/mol. The molecule has 2 rings (SSSR count). The molecule has 0 aliphatic carbocycles. The number of hydrogen-bond acceptors (Lipinski definition) is 5. The number of nitriles is 2. The summed E-state index contributed by atoms with van der Waals surface area (Å²) in [5.74, 6) is 0.681. The van der Waals surface area contributed by atoms with Crippen molar-refractivity contribution >= 4 is 0 Å². The average Bonchev–Trinajstić information content (AvgIpc) is 2.95. The Bertz CT molecular complexity index is 707. The average molecular weight is 296 g/mol. The van der Waals surface area contributed by atoms with Crippen molar-refractivity contribution in [2.75, 3.05) is 6.61 Å². The van der Waals surface area contributed by atoms with E-state index in [0.29, 0.717) is 5.75 Å². The van der Waals surface area contributed by atoms with Gasteiger partial charge in [0.05, 0.1) is 12.9 Å². The van der Waals surface area contributed by atoms with Gasteiger partial charge in [-0.05, 0) is 24.1 Å². The topological polar surface area (TPSA) is 94.9 Å². The van der Waals surface area contributed by atoms with Crippen LogP contribution in [0, 0.1) is 22.7 Å². The first-order valence-corrected chi connectivity index (χ1v) is 6.93. The summed E-state index contributed by atoms with van der Waals surface area (Å²) in [6.07, 6.45) is 1.52. The lowest BCUT2D eigenvalue weighted by atomic mass is 10.2. The molecular formula is C16H16N4O2. The second kappa shape index (κ2) is 7.26. The highest BCUT2D eigenvalue weighted by molar-refractivity contribution is 5.36. The number of hydrogen-bond donors (Lipinski definition) is 1. The molecule has 0 bridgehead atoms. The molecule has 6 heteroatoms. The minimum Gasteiger partial charge on any atom is -0.491 e. The predicted octanol–water partition coefficient (Wildman–Crippen LogP) is 1.63. The molecule has 0 aliphatic rings. The van der Waals surface area contributed by atoms with Gasteiger partial charge in [0, 0.05) is 0 Å². The third kappa shape index (κ3) is 3.63. The van der Waals surface area contributed by atoms with Crippen LogP contribution in [0.4, 0.5) is 0 Å². The molecule has 112 valence electrons. The van der Waals surface area contributed by atoms with E-state index in [-0.39, 0.29) is 24.5 Å². The number of benzene rings is 1. The van der Waals surface area contributed by atoms with Gasteiger partial charge in [0.2, 0.25) is 0 Å². The van der Waals surface area contributed by atoms with E-state index < -0.39 is 6.10 Å². The molecule has 0 saturated carbocycles. The Morgan fingerprint density at radius 3 is 2.59 bits per heavy atom. The lowest BCUT2D eigenvalue weighted by Gasteiger charge is -2.13. The molecule has 0 amide bonds. The molecule has 2 aromatic rings. The number of imidazole rings is 1. The van der Waals surface area contributed by atoms with Crippen LogP contribution in [0.1, 0.15) is 23.9 Å². The molecule has 0 aliphatic heterocycles. The fourth-order valence-corrected chi connectivity index (χ4v) is 2.01. The summed E-state index contributed by atoms with van der Waals surface area (Å²) >= 11 is 0. The minimum atomic E-state index is -0.807. The summed E-state index contributed by atoms with van der Waals surface area (Å²) in [4.78, 5) is 3.82. The molecule has 0 spiro atoms. The van der Waals surface area contributed by atoms with Crippen molar-refractivity contribution in [2.24, 2.45) is 0 Å².